The van der Waals surface area contributed by atoms with Crippen LogP contribution in [0.15, 0.2) is 22.9 Å². The number of allylic oxidation sites excluding steroid dienone is 3. The van der Waals surface area contributed by atoms with E-state index in [4.69, 9.17) is 5.73 Å². The van der Waals surface area contributed by atoms with Gasteiger partial charge in [-0.3, -0.25) is 0 Å². The van der Waals surface area contributed by atoms with Crippen LogP contribution in [0.3, 0.4) is 0 Å². The summed E-state index contributed by atoms with van der Waals surface area (Å²) in [7, 11) is 0. The maximum Gasteiger partial charge on any atom is 0.123 e. The molecule has 0 aliphatic heterocycles. The highest BCUT2D eigenvalue weighted by molar-refractivity contribution is 5.35. The number of hydrogen-bond donors (Lipinski definition) is 1. The Morgan fingerprint density at radius 3 is 2.70 bits per heavy atom. The van der Waals surface area contributed by atoms with Crippen molar-refractivity contribution < 1.29 is 4.39 Å². The van der Waals surface area contributed by atoms with Crippen LogP contribution in [-0.4, -0.2) is 6.17 Å². The SMILES string of the molecule is CC1=CC(F)CC(C)=C1N. The molecule has 0 radical (unpaired) electrons. The van der Waals surface area contributed by atoms with E-state index in [0.29, 0.717) is 6.42 Å². The van der Waals surface area contributed by atoms with Gasteiger partial charge in [0.15, 0.2) is 0 Å². The van der Waals surface area contributed by atoms with Crippen LogP contribution < -0.4 is 5.73 Å². The van der Waals surface area contributed by atoms with Crippen LogP contribution in [0.25, 0.3) is 0 Å². The zero-order valence-electron chi connectivity index (χ0n) is 6.32. The first-order chi connectivity index (χ1) is 4.61. The van der Waals surface area contributed by atoms with Crippen molar-refractivity contribution in [2.75, 3.05) is 0 Å². The van der Waals surface area contributed by atoms with Gasteiger partial charge in [0.1, 0.15) is 6.17 Å². The lowest BCUT2D eigenvalue weighted by Gasteiger charge is -2.15. The van der Waals surface area contributed by atoms with E-state index >= 15 is 0 Å². The maximum atomic E-state index is 12.7. The Bertz CT molecular complexity index is 203. The molecule has 1 nitrogen and oxygen atoms in total. The quantitative estimate of drug-likeness (QED) is 0.548. The summed E-state index contributed by atoms with van der Waals surface area (Å²) in [5, 5.41) is 0. The fourth-order valence-electron chi connectivity index (χ4n) is 1.16. The molecule has 0 aromatic carbocycles. The Morgan fingerprint density at radius 1 is 1.60 bits per heavy atom. The summed E-state index contributed by atoms with van der Waals surface area (Å²) in [6.45, 7) is 3.71. The molecular formula is C8H12FN. The average molecular weight is 141 g/mol. The summed E-state index contributed by atoms with van der Waals surface area (Å²) in [6, 6.07) is 0. The van der Waals surface area contributed by atoms with Crippen LogP contribution in [0.2, 0.25) is 0 Å². The van der Waals surface area contributed by atoms with Gasteiger partial charge in [-0.1, -0.05) is 0 Å². The Balaban J connectivity index is 2.90. The number of rotatable bonds is 0. The van der Waals surface area contributed by atoms with Gasteiger partial charge >= 0.3 is 0 Å². The van der Waals surface area contributed by atoms with E-state index in [2.05, 4.69) is 0 Å². The van der Waals surface area contributed by atoms with Crippen molar-refractivity contribution in [3.05, 3.63) is 22.9 Å². The minimum absolute atomic E-state index is 0.461. The predicted octanol–water partition coefficient (Wildman–Crippen LogP) is 1.91. The highest BCUT2D eigenvalue weighted by Gasteiger charge is 2.13. The third kappa shape index (κ3) is 1.20. The zero-order valence-corrected chi connectivity index (χ0v) is 6.32. The highest BCUT2D eigenvalue weighted by atomic mass is 19.1. The number of hydrogen-bond acceptors (Lipinski definition) is 1. The predicted molar refractivity (Wildman–Crippen MR) is 40.2 cm³/mol. The monoisotopic (exact) mass is 141 g/mol. The number of halogens is 1. The number of nitrogens with two attached hydrogens (primary N) is 1. The molecule has 0 aromatic rings. The second-order valence-corrected chi connectivity index (χ2v) is 2.76. The first kappa shape index (κ1) is 7.32. The van der Waals surface area contributed by atoms with E-state index in [9.17, 15) is 4.39 Å². The van der Waals surface area contributed by atoms with Gasteiger partial charge in [-0.25, -0.2) is 4.39 Å². The van der Waals surface area contributed by atoms with E-state index in [1.165, 1.54) is 0 Å². The summed E-state index contributed by atoms with van der Waals surface area (Å²) in [5.74, 6) is 0. The standard InChI is InChI=1S/C8H12FN/c1-5-3-7(9)4-6(2)8(5)10/h3,7H,4,10H2,1-2H3. The smallest absolute Gasteiger partial charge is 0.123 e. The lowest BCUT2D eigenvalue weighted by Crippen LogP contribution is -2.12. The fourth-order valence-corrected chi connectivity index (χ4v) is 1.16. The Kier molecular flexibility index (Phi) is 1.79. The summed E-state index contributed by atoms with van der Waals surface area (Å²) in [6.07, 6.45) is 1.21. The van der Waals surface area contributed by atoms with Crippen LogP contribution in [0.4, 0.5) is 4.39 Å². The Morgan fingerprint density at radius 2 is 2.20 bits per heavy atom. The molecule has 56 valence electrons. The topological polar surface area (TPSA) is 26.0 Å². The van der Waals surface area contributed by atoms with Gasteiger partial charge in [0.25, 0.3) is 0 Å². The molecule has 0 amide bonds. The van der Waals surface area contributed by atoms with E-state index in [1.807, 2.05) is 13.8 Å². The van der Waals surface area contributed by atoms with Gasteiger partial charge < -0.3 is 5.73 Å². The first-order valence-electron chi connectivity index (χ1n) is 3.39. The van der Waals surface area contributed by atoms with Gasteiger partial charge in [0.05, 0.1) is 0 Å². The molecule has 0 spiro atoms. The first-order valence-corrected chi connectivity index (χ1v) is 3.39. The Labute approximate surface area is 60.4 Å². The van der Waals surface area contributed by atoms with E-state index < -0.39 is 6.17 Å². The molecule has 0 saturated carbocycles. The molecule has 0 saturated heterocycles. The van der Waals surface area contributed by atoms with E-state index in [-0.39, 0.29) is 0 Å². The van der Waals surface area contributed by atoms with Crippen LogP contribution in [0, 0.1) is 0 Å². The molecule has 1 atom stereocenters. The molecule has 2 heteroatoms. The summed E-state index contributed by atoms with van der Waals surface area (Å²) >= 11 is 0. The molecule has 0 aromatic heterocycles. The van der Waals surface area contributed by atoms with Crippen molar-refractivity contribution in [2.24, 2.45) is 5.73 Å². The van der Waals surface area contributed by atoms with Crippen LogP contribution in [0.5, 0.6) is 0 Å². The molecule has 0 bridgehead atoms. The van der Waals surface area contributed by atoms with Gasteiger partial charge in [-0.15, -0.1) is 0 Å². The largest absolute Gasteiger partial charge is 0.399 e. The molecule has 1 rings (SSSR count). The molecule has 0 heterocycles. The van der Waals surface area contributed by atoms with Crippen molar-refractivity contribution in [3.8, 4) is 0 Å². The summed E-state index contributed by atoms with van der Waals surface area (Å²) in [5.41, 5.74) is 8.22. The van der Waals surface area contributed by atoms with Crippen molar-refractivity contribution in [1.29, 1.82) is 0 Å². The summed E-state index contributed by atoms with van der Waals surface area (Å²) < 4.78 is 12.7. The maximum absolute atomic E-state index is 12.7. The van der Waals surface area contributed by atoms with Gasteiger partial charge in [-0.05, 0) is 31.1 Å². The highest BCUT2D eigenvalue weighted by Crippen LogP contribution is 2.22. The van der Waals surface area contributed by atoms with E-state index in [0.717, 1.165) is 16.8 Å². The number of alkyl halides is 1. The Hall–Kier alpha value is -0.790. The van der Waals surface area contributed by atoms with Crippen molar-refractivity contribution in [2.45, 2.75) is 26.4 Å². The van der Waals surface area contributed by atoms with Gasteiger partial charge in [0, 0.05) is 12.1 Å². The van der Waals surface area contributed by atoms with Crippen LogP contribution in [0.1, 0.15) is 20.3 Å². The van der Waals surface area contributed by atoms with Gasteiger partial charge in [-0.2, -0.15) is 0 Å². The van der Waals surface area contributed by atoms with Gasteiger partial charge in [0.2, 0.25) is 0 Å². The van der Waals surface area contributed by atoms with E-state index in [1.54, 1.807) is 6.08 Å². The third-order valence-corrected chi connectivity index (χ3v) is 1.82. The lowest BCUT2D eigenvalue weighted by atomic mass is 9.97. The molecule has 2 N–H and O–H groups in total. The minimum Gasteiger partial charge on any atom is -0.399 e. The second kappa shape index (κ2) is 2.45. The molecule has 1 aliphatic carbocycles. The normalized spacial score (nSPS) is 26.7. The summed E-state index contributed by atoms with van der Waals surface area (Å²) in [4.78, 5) is 0. The van der Waals surface area contributed by atoms with Crippen molar-refractivity contribution >= 4 is 0 Å². The van der Waals surface area contributed by atoms with Crippen molar-refractivity contribution in [1.82, 2.24) is 0 Å². The fraction of sp³-hybridized carbons (Fsp3) is 0.500. The molecule has 0 fully saturated rings. The molecule has 1 aliphatic rings. The molecular weight excluding hydrogens is 129 g/mol. The van der Waals surface area contributed by atoms with Crippen LogP contribution in [-0.2, 0) is 0 Å². The third-order valence-electron chi connectivity index (χ3n) is 1.82. The zero-order chi connectivity index (χ0) is 7.72. The lowest BCUT2D eigenvalue weighted by molar-refractivity contribution is 0.391. The minimum atomic E-state index is -0.827. The molecule has 1 unspecified atom stereocenters. The van der Waals surface area contributed by atoms with Crippen LogP contribution >= 0.6 is 0 Å². The second-order valence-electron chi connectivity index (χ2n) is 2.76. The molecule has 10 heavy (non-hydrogen) atoms. The average Bonchev–Trinajstić information content (AvgIpc) is 1.82. The van der Waals surface area contributed by atoms with Crippen molar-refractivity contribution in [3.63, 3.8) is 0 Å².